The second kappa shape index (κ2) is 3.10. The summed E-state index contributed by atoms with van der Waals surface area (Å²) in [5.41, 5.74) is 2.78. The Balaban J connectivity index is 2.36. The van der Waals surface area contributed by atoms with Gasteiger partial charge in [0.1, 0.15) is 0 Å². The van der Waals surface area contributed by atoms with Crippen LogP contribution in [0.2, 0.25) is 5.02 Å². The van der Waals surface area contributed by atoms with Gasteiger partial charge in [0.2, 0.25) is 0 Å². The van der Waals surface area contributed by atoms with Crippen molar-refractivity contribution in [2.45, 2.75) is 32.1 Å². The molecule has 0 nitrogen and oxygen atoms in total. The molecule has 0 unspecified atom stereocenters. The summed E-state index contributed by atoms with van der Waals surface area (Å²) < 4.78 is 0. The van der Waals surface area contributed by atoms with E-state index in [1.807, 2.05) is 6.07 Å². The predicted molar refractivity (Wildman–Crippen MR) is 52.8 cm³/mol. The molecule has 0 aromatic heterocycles. The zero-order valence-electron chi connectivity index (χ0n) is 7.31. The lowest BCUT2D eigenvalue weighted by molar-refractivity contribution is 1.08. The Morgan fingerprint density at radius 3 is 2.75 bits per heavy atom. The molecule has 1 fully saturated rings. The molecule has 0 heterocycles. The van der Waals surface area contributed by atoms with Crippen molar-refractivity contribution in [1.29, 1.82) is 0 Å². The monoisotopic (exact) mass is 180 g/mol. The molecule has 0 atom stereocenters. The molecular weight excluding hydrogens is 168 g/mol. The van der Waals surface area contributed by atoms with Crippen molar-refractivity contribution in [1.82, 2.24) is 0 Å². The quantitative estimate of drug-likeness (QED) is 0.650. The van der Waals surface area contributed by atoms with E-state index < -0.39 is 0 Å². The SMILES string of the molecule is CCc1ccc(Cl)c(C2CC2)c1. The van der Waals surface area contributed by atoms with Gasteiger partial charge in [-0.15, -0.1) is 0 Å². The topological polar surface area (TPSA) is 0 Å². The van der Waals surface area contributed by atoms with Gasteiger partial charge in [-0.2, -0.15) is 0 Å². The van der Waals surface area contributed by atoms with Crippen molar-refractivity contribution < 1.29 is 0 Å². The molecule has 0 radical (unpaired) electrons. The Hall–Kier alpha value is -0.490. The van der Waals surface area contributed by atoms with Crippen molar-refractivity contribution in [2.75, 3.05) is 0 Å². The minimum Gasteiger partial charge on any atom is -0.0840 e. The highest BCUT2D eigenvalue weighted by Gasteiger charge is 2.25. The first kappa shape index (κ1) is 8.12. The van der Waals surface area contributed by atoms with E-state index >= 15 is 0 Å². The van der Waals surface area contributed by atoms with Crippen molar-refractivity contribution in [3.63, 3.8) is 0 Å². The number of benzene rings is 1. The van der Waals surface area contributed by atoms with E-state index in [1.54, 1.807) is 0 Å². The third kappa shape index (κ3) is 1.49. The molecule has 1 aliphatic rings. The predicted octanol–water partition coefficient (Wildman–Crippen LogP) is 3.78. The van der Waals surface area contributed by atoms with Gasteiger partial charge in [-0.05, 0) is 42.4 Å². The summed E-state index contributed by atoms with van der Waals surface area (Å²) in [5, 5.41) is 0.953. The van der Waals surface area contributed by atoms with Crippen LogP contribution in [-0.2, 0) is 6.42 Å². The first-order valence-corrected chi connectivity index (χ1v) is 4.97. The number of aryl methyl sites for hydroxylation is 1. The van der Waals surface area contributed by atoms with Gasteiger partial charge >= 0.3 is 0 Å². The van der Waals surface area contributed by atoms with Gasteiger partial charge in [-0.1, -0.05) is 30.7 Å². The average Bonchev–Trinajstić information content (AvgIpc) is 2.88. The van der Waals surface area contributed by atoms with Gasteiger partial charge < -0.3 is 0 Å². The lowest BCUT2D eigenvalue weighted by Crippen LogP contribution is -1.85. The minimum absolute atomic E-state index is 0.768. The van der Waals surface area contributed by atoms with E-state index in [2.05, 4.69) is 19.1 Å². The smallest absolute Gasteiger partial charge is 0.0441 e. The van der Waals surface area contributed by atoms with Crippen molar-refractivity contribution >= 4 is 11.6 Å². The standard InChI is InChI=1S/C11H13Cl/c1-2-8-3-6-11(12)10(7-8)9-4-5-9/h3,6-7,9H,2,4-5H2,1H3. The van der Waals surface area contributed by atoms with Crippen LogP contribution in [0.1, 0.15) is 36.8 Å². The Morgan fingerprint density at radius 1 is 1.42 bits per heavy atom. The summed E-state index contributed by atoms with van der Waals surface area (Å²) in [6.45, 7) is 2.18. The van der Waals surface area contributed by atoms with E-state index in [9.17, 15) is 0 Å². The summed E-state index contributed by atoms with van der Waals surface area (Å²) >= 11 is 6.09. The maximum absolute atomic E-state index is 6.09. The second-order valence-electron chi connectivity index (χ2n) is 3.48. The van der Waals surface area contributed by atoms with Crippen LogP contribution in [0.4, 0.5) is 0 Å². The maximum atomic E-state index is 6.09. The van der Waals surface area contributed by atoms with Crippen LogP contribution in [0.15, 0.2) is 18.2 Å². The number of rotatable bonds is 2. The number of halogens is 1. The lowest BCUT2D eigenvalue weighted by atomic mass is 10.1. The van der Waals surface area contributed by atoms with Crippen LogP contribution in [0, 0.1) is 0 Å². The molecule has 0 aliphatic heterocycles. The molecule has 0 spiro atoms. The molecule has 2 rings (SSSR count). The molecule has 1 aliphatic carbocycles. The Morgan fingerprint density at radius 2 is 2.17 bits per heavy atom. The summed E-state index contributed by atoms with van der Waals surface area (Å²) in [6, 6.07) is 6.42. The molecule has 1 saturated carbocycles. The van der Waals surface area contributed by atoms with E-state index in [-0.39, 0.29) is 0 Å². The number of hydrogen-bond donors (Lipinski definition) is 0. The molecule has 0 amide bonds. The number of hydrogen-bond acceptors (Lipinski definition) is 0. The molecule has 0 bridgehead atoms. The third-order valence-electron chi connectivity index (χ3n) is 2.49. The highest BCUT2D eigenvalue weighted by molar-refractivity contribution is 6.31. The van der Waals surface area contributed by atoms with Crippen LogP contribution in [0.25, 0.3) is 0 Å². The van der Waals surface area contributed by atoms with E-state index in [4.69, 9.17) is 11.6 Å². The van der Waals surface area contributed by atoms with Gasteiger partial charge in [0.15, 0.2) is 0 Å². The molecule has 1 aromatic rings. The molecule has 64 valence electrons. The van der Waals surface area contributed by atoms with Crippen molar-refractivity contribution in [3.05, 3.63) is 34.3 Å². The van der Waals surface area contributed by atoms with Crippen LogP contribution < -0.4 is 0 Å². The maximum Gasteiger partial charge on any atom is 0.0441 e. The highest BCUT2D eigenvalue weighted by atomic mass is 35.5. The van der Waals surface area contributed by atoms with Gasteiger partial charge in [-0.25, -0.2) is 0 Å². The largest absolute Gasteiger partial charge is 0.0840 e. The van der Waals surface area contributed by atoms with Gasteiger partial charge in [0.05, 0.1) is 0 Å². The lowest BCUT2D eigenvalue weighted by Gasteiger charge is -2.04. The zero-order chi connectivity index (χ0) is 8.55. The highest BCUT2D eigenvalue weighted by Crippen LogP contribution is 2.43. The first-order valence-electron chi connectivity index (χ1n) is 4.59. The van der Waals surface area contributed by atoms with Crippen LogP contribution in [0.3, 0.4) is 0 Å². The molecule has 1 aromatic carbocycles. The van der Waals surface area contributed by atoms with Gasteiger partial charge in [-0.3, -0.25) is 0 Å². The Kier molecular flexibility index (Phi) is 2.10. The van der Waals surface area contributed by atoms with E-state index in [1.165, 1.54) is 24.0 Å². The summed E-state index contributed by atoms with van der Waals surface area (Å²) in [7, 11) is 0. The third-order valence-corrected chi connectivity index (χ3v) is 2.83. The summed E-state index contributed by atoms with van der Waals surface area (Å²) in [6.07, 6.45) is 3.76. The second-order valence-corrected chi connectivity index (χ2v) is 3.89. The fraction of sp³-hybridized carbons (Fsp3) is 0.455. The fourth-order valence-electron chi connectivity index (χ4n) is 1.52. The molecule has 1 heteroatoms. The van der Waals surface area contributed by atoms with E-state index in [0.29, 0.717) is 0 Å². The normalized spacial score (nSPS) is 16.5. The Bertz CT molecular complexity index is 287. The first-order chi connectivity index (χ1) is 5.81. The molecule has 12 heavy (non-hydrogen) atoms. The van der Waals surface area contributed by atoms with Gasteiger partial charge in [0, 0.05) is 5.02 Å². The molecule has 0 N–H and O–H groups in total. The summed E-state index contributed by atoms with van der Waals surface area (Å²) in [4.78, 5) is 0. The van der Waals surface area contributed by atoms with Crippen LogP contribution in [0.5, 0.6) is 0 Å². The average molecular weight is 181 g/mol. The van der Waals surface area contributed by atoms with Crippen LogP contribution >= 0.6 is 11.6 Å². The fourth-order valence-corrected chi connectivity index (χ4v) is 1.79. The molecular formula is C11H13Cl. The van der Waals surface area contributed by atoms with Crippen molar-refractivity contribution in [2.24, 2.45) is 0 Å². The zero-order valence-corrected chi connectivity index (χ0v) is 8.06. The van der Waals surface area contributed by atoms with E-state index in [0.717, 1.165) is 17.4 Å². The minimum atomic E-state index is 0.768. The van der Waals surface area contributed by atoms with Crippen molar-refractivity contribution in [3.8, 4) is 0 Å². The van der Waals surface area contributed by atoms with Gasteiger partial charge in [0.25, 0.3) is 0 Å². The molecule has 0 saturated heterocycles. The summed E-state index contributed by atoms with van der Waals surface area (Å²) in [5.74, 6) is 0.768. The Labute approximate surface area is 78.6 Å². The van der Waals surface area contributed by atoms with Crippen LogP contribution in [-0.4, -0.2) is 0 Å².